The van der Waals surface area contributed by atoms with Crippen molar-refractivity contribution in [1.82, 2.24) is 20.1 Å². The van der Waals surface area contributed by atoms with Gasteiger partial charge in [0.1, 0.15) is 0 Å². The Morgan fingerprint density at radius 1 is 1.40 bits per heavy atom. The van der Waals surface area contributed by atoms with Gasteiger partial charge < -0.3 is 10.2 Å². The summed E-state index contributed by atoms with van der Waals surface area (Å²) in [6.45, 7) is 9.19. The molecule has 1 aromatic heterocycles. The predicted octanol–water partition coefficient (Wildman–Crippen LogP) is 0.724. The molecular weight excluding hydrogens is 252 g/mol. The third-order valence-corrected chi connectivity index (χ3v) is 3.87. The highest BCUT2D eigenvalue weighted by Gasteiger charge is 2.26. The zero-order chi connectivity index (χ0) is 14.4. The van der Waals surface area contributed by atoms with E-state index in [2.05, 4.69) is 22.1 Å². The van der Waals surface area contributed by atoms with Gasteiger partial charge >= 0.3 is 0 Å². The van der Waals surface area contributed by atoms with Crippen LogP contribution in [-0.4, -0.2) is 59.5 Å². The van der Waals surface area contributed by atoms with Crippen LogP contribution < -0.4 is 5.32 Å². The van der Waals surface area contributed by atoms with Crippen molar-refractivity contribution in [2.75, 3.05) is 32.7 Å². The molecule has 1 aromatic rings. The first-order valence-corrected chi connectivity index (χ1v) is 7.35. The lowest BCUT2D eigenvalue weighted by atomic mass is 10.2. The molecule has 0 aromatic carbocycles. The van der Waals surface area contributed by atoms with Crippen LogP contribution in [0.25, 0.3) is 0 Å². The molecule has 20 heavy (non-hydrogen) atoms. The first-order chi connectivity index (χ1) is 9.72. The van der Waals surface area contributed by atoms with Gasteiger partial charge in [-0.1, -0.05) is 6.92 Å². The van der Waals surface area contributed by atoms with Gasteiger partial charge in [0.25, 0.3) is 0 Å². The number of carbonyl (C=O) groups excluding carboxylic acids is 1. The maximum atomic E-state index is 12.5. The van der Waals surface area contributed by atoms with Gasteiger partial charge in [-0.2, -0.15) is 0 Å². The number of aromatic nitrogens is 1. The highest BCUT2D eigenvalue weighted by Crippen LogP contribution is 2.10. The highest BCUT2D eigenvalue weighted by molar-refractivity contribution is 5.81. The number of hydrogen-bond donors (Lipinski definition) is 1. The molecule has 1 aliphatic heterocycles. The maximum absolute atomic E-state index is 12.5. The van der Waals surface area contributed by atoms with Crippen LogP contribution in [0.2, 0.25) is 0 Å². The first kappa shape index (κ1) is 14.9. The third-order valence-electron chi connectivity index (χ3n) is 3.87. The lowest BCUT2D eigenvalue weighted by Crippen LogP contribution is -2.53. The van der Waals surface area contributed by atoms with Crippen molar-refractivity contribution in [3.05, 3.63) is 30.1 Å². The van der Waals surface area contributed by atoms with Gasteiger partial charge in [0.05, 0.1) is 6.04 Å². The van der Waals surface area contributed by atoms with E-state index >= 15 is 0 Å². The zero-order valence-corrected chi connectivity index (χ0v) is 12.4. The van der Waals surface area contributed by atoms with Crippen LogP contribution in [0.5, 0.6) is 0 Å². The molecule has 5 nitrogen and oxygen atoms in total. The average molecular weight is 276 g/mol. The molecule has 1 saturated heterocycles. The summed E-state index contributed by atoms with van der Waals surface area (Å²) < 4.78 is 0. The minimum absolute atomic E-state index is 0.0775. The summed E-state index contributed by atoms with van der Waals surface area (Å²) in [4.78, 5) is 20.7. The number of nitrogens with one attached hydrogen (secondary N) is 1. The Kier molecular flexibility index (Phi) is 5.49. The molecule has 1 unspecified atom stereocenters. The van der Waals surface area contributed by atoms with Gasteiger partial charge in [-0.3, -0.25) is 14.7 Å². The molecule has 0 spiro atoms. The molecule has 1 amide bonds. The van der Waals surface area contributed by atoms with Crippen LogP contribution in [0.15, 0.2) is 24.5 Å². The molecule has 2 heterocycles. The summed E-state index contributed by atoms with van der Waals surface area (Å²) in [5.74, 6) is 0.238. The van der Waals surface area contributed by atoms with Gasteiger partial charge in [0, 0.05) is 45.1 Å². The monoisotopic (exact) mass is 276 g/mol. The van der Waals surface area contributed by atoms with Gasteiger partial charge in [0.2, 0.25) is 5.91 Å². The topological polar surface area (TPSA) is 48.5 Å². The molecule has 1 N–H and O–H groups in total. The number of carbonyl (C=O) groups is 1. The van der Waals surface area contributed by atoms with E-state index in [0.29, 0.717) is 0 Å². The second-order valence-corrected chi connectivity index (χ2v) is 5.17. The molecule has 0 aliphatic carbocycles. The van der Waals surface area contributed by atoms with E-state index in [9.17, 15) is 4.79 Å². The minimum Gasteiger partial charge on any atom is -0.339 e. The highest BCUT2D eigenvalue weighted by atomic mass is 16.2. The molecule has 0 radical (unpaired) electrons. The molecule has 0 saturated carbocycles. The van der Waals surface area contributed by atoms with Crippen molar-refractivity contribution in [3.8, 4) is 0 Å². The van der Waals surface area contributed by atoms with Crippen molar-refractivity contribution in [1.29, 1.82) is 0 Å². The number of piperazine rings is 1. The van der Waals surface area contributed by atoms with Crippen LogP contribution >= 0.6 is 0 Å². The van der Waals surface area contributed by atoms with Crippen molar-refractivity contribution in [2.24, 2.45) is 0 Å². The molecule has 1 fully saturated rings. The Labute approximate surface area is 121 Å². The number of nitrogens with zero attached hydrogens (tertiary/aromatic N) is 3. The Morgan fingerprint density at radius 3 is 2.65 bits per heavy atom. The maximum Gasteiger partial charge on any atom is 0.239 e. The summed E-state index contributed by atoms with van der Waals surface area (Å²) >= 11 is 0. The van der Waals surface area contributed by atoms with Crippen molar-refractivity contribution >= 4 is 5.91 Å². The molecule has 1 aliphatic rings. The molecule has 5 heteroatoms. The summed E-state index contributed by atoms with van der Waals surface area (Å²) in [7, 11) is 0. The minimum atomic E-state index is -0.0775. The van der Waals surface area contributed by atoms with E-state index in [1.165, 1.54) is 5.56 Å². The van der Waals surface area contributed by atoms with Gasteiger partial charge in [0.15, 0.2) is 0 Å². The smallest absolute Gasteiger partial charge is 0.239 e. The number of hydrogen-bond acceptors (Lipinski definition) is 4. The fourth-order valence-corrected chi connectivity index (χ4v) is 2.55. The lowest BCUT2D eigenvalue weighted by molar-refractivity contribution is -0.137. The van der Waals surface area contributed by atoms with Gasteiger partial charge in [-0.15, -0.1) is 0 Å². The number of rotatable bonds is 5. The first-order valence-electron chi connectivity index (χ1n) is 7.35. The van der Waals surface area contributed by atoms with E-state index in [1.807, 2.05) is 24.0 Å². The summed E-state index contributed by atoms with van der Waals surface area (Å²) in [6, 6.07) is 3.93. The van der Waals surface area contributed by atoms with Crippen LogP contribution in [-0.2, 0) is 11.3 Å². The van der Waals surface area contributed by atoms with Gasteiger partial charge in [-0.25, -0.2) is 0 Å². The van der Waals surface area contributed by atoms with Crippen LogP contribution in [0.4, 0.5) is 0 Å². The predicted molar refractivity (Wildman–Crippen MR) is 79.2 cm³/mol. The summed E-state index contributed by atoms with van der Waals surface area (Å²) in [5, 5.41) is 3.28. The summed E-state index contributed by atoms with van der Waals surface area (Å²) in [6.07, 6.45) is 3.60. The number of amides is 1. The van der Waals surface area contributed by atoms with Crippen LogP contribution in [0.3, 0.4) is 0 Å². The largest absolute Gasteiger partial charge is 0.339 e. The third kappa shape index (κ3) is 3.77. The van der Waals surface area contributed by atoms with E-state index < -0.39 is 0 Å². The normalized spacial score (nSPS) is 17.2. The molecule has 110 valence electrons. The second-order valence-electron chi connectivity index (χ2n) is 5.17. The van der Waals surface area contributed by atoms with Crippen LogP contribution in [0.1, 0.15) is 19.4 Å². The summed E-state index contributed by atoms with van der Waals surface area (Å²) in [5.41, 5.74) is 1.20. The van der Waals surface area contributed by atoms with E-state index in [0.717, 1.165) is 39.3 Å². The number of likely N-dealkylation sites (N-methyl/N-ethyl adjacent to an activating group) is 1. The van der Waals surface area contributed by atoms with E-state index in [4.69, 9.17) is 0 Å². The Morgan fingerprint density at radius 2 is 2.05 bits per heavy atom. The fraction of sp³-hybridized carbons (Fsp3) is 0.600. The average Bonchev–Trinajstić information content (AvgIpc) is 2.53. The zero-order valence-electron chi connectivity index (χ0n) is 12.4. The van der Waals surface area contributed by atoms with Gasteiger partial charge in [-0.05, 0) is 31.2 Å². The van der Waals surface area contributed by atoms with Crippen molar-refractivity contribution in [2.45, 2.75) is 26.4 Å². The molecule has 2 rings (SSSR count). The Hall–Kier alpha value is -1.46. The van der Waals surface area contributed by atoms with E-state index in [1.54, 1.807) is 12.4 Å². The SMILES string of the molecule is CCN(Cc1ccncc1)C(C)C(=O)N1CCNCC1. The molecule has 0 bridgehead atoms. The second kappa shape index (κ2) is 7.36. The lowest BCUT2D eigenvalue weighted by Gasteiger charge is -2.34. The standard InChI is InChI=1S/C15H24N4O/c1-3-18(12-14-4-6-16-7-5-14)13(2)15(20)19-10-8-17-9-11-19/h4-7,13,17H,3,8-12H2,1-2H3. The van der Waals surface area contributed by atoms with E-state index in [-0.39, 0.29) is 11.9 Å². The molecular formula is C15H24N4O. The Bertz CT molecular complexity index is 417. The molecule has 1 atom stereocenters. The Balaban J connectivity index is 1.97. The van der Waals surface area contributed by atoms with Crippen molar-refractivity contribution in [3.63, 3.8) is 0 Å². The number of pyridine rings is 1. The van der Waals surface area contributed by atoms with Crippen molar-refractivity contribution < 1.29 is 4.79 Å². The van der Waals surface area contributed by atoms with Crippen LogP contribution in [0, 0.1) is 0 Å². The fourth-order valence-electron chi connectivity index (χ4n) is 2.55. The quantitative estimate of drug-likeness (QED) is 0.861.